The highest BCUT2D eigenvalue weighted by molar-refractivity contribution is 5.36. The van der Waals surface area contributed by atoms with Gasteiger partial charge >= 0.3 is 0 Å². The van der Waals surface area contributed by atoms with E-state index < -0.39 is 0 Å². The molecule has 0 spiro atoms. The highest BCUT2D eigenvalue weighted by Gasteiger charge is 2.17. The van der Waals surface area contributed by atoms with Crippen molar-refractivity contribution in [3.05, 3.63) is 18.1 Å². The zero-order valence-electron chi connectivity index (χ0n) is 14.0. The zero-order chi connectivity index (χ0) is 15.3. The lowest BCUT2D eigenvalue weighted by Gasteiger charge is -2.23. The number of anilines is 1. The summed E-state index contributed by atoms with van der Waals surface area (Å²) in [6, 6.07) is 0. The summed E-state index contributed by atoms with van der Waals surface area (Å²) in [4.78, 5) is 11.6. The lowest BCUT2D eigenvalue weighted by Crippen LogP contribution is -2.35. The standard InChI is InChI=1S/C17H30N4/c1-5-14-7-6-9-21(10-8-14)16-13-18-11-15(20-16)12-19-17(2,3)4/h11,13-14,19H,5-10,12H2,1-4H3. The fraction of sp³-hybridized carbons (Fsp3) is 0.765. The minimum Gasteiger partial charge on any atom is -0.355 e. The largest absolute Gasteiger partial charge is 0.355 e. The Morgan fingerprint density at radius 3 is 2.76 bits per heavy atom. The average Bonchev–Trinajstić information content (AvgIpc) is 2.70. The average molecular weight is 290 g/mol. The summed E-state index contributed by atoms with van der Waals surface area (Å²) in [5, 5.41) is 3.48. The van der Waals surface area contributed by atoms with Crippen LogP contribution in [0, 0.1) is 5.92 Å². The second kappa shape index (κ2) is 7.21. The Morgan fingerprint density at radius 2 is 2.05 bits per heavy atom. The van der Waals surface area contributed by atoms with E-state index in [-0.39, 0.29) is 5.54 Å². The van der Waals surface area contributed by atoms with Crippen LogP contribution in [0.25, 0.3) is 0 Å². The lowest BCUT2D eigenvalue weighted by molar-refractivity contribution is 0.421. The van der Waals surface area contributed by atoms with Crippen molar-refractivity contribution in [2.24, 2.45) is 5.92 Å². The molecule has 1 aromatic rings. The molecule has 1 N–H and O–H groups in total. The Balaban J connectivity index is 1.99. The highest BCUT2D eigenvalue weighted by atomic mass is 15.2. The predicted molar refractivity (Wildman–Crippen MR) is 88.5 cm³/mol. The molecular formula is C17H30N4. The van der Waals surface area contributed by atoms with E-state index in [1.54, 1.807) is 0 Å². The third-order valence-electron chi connectivity index (χ3n) is 4.22. The van der Waals surface area contributed by atoms with E-state index in [4.69, 9.17) is 4.98 Å². The number of rotatable bonds is 4. The quantitative estimate of drug-likeness (QED) is 0.923. The van der Waals surface area contributed by atoms with Gasteiger partial charge in [0.15, 0.2) is 0 Å². The third-order valence-corrected chi connectivity index (χ3v) is 4.22. The molecule has 1 unspecified atom stereocenters. The first-order valence-corrected chi connectivity index (χ1v) is 8.29. The Bertz CT molecular complexity index is 439. The molecule has 0 aromatic carbocycles. The van der Waals surface area contributed by atoms with Gasteiger partial charge in [-0.05, 0) is 46.0 Å². The van der Waals surface area contributed by atoms with Crippen LogP contribution in [-0.2, 0) is 6.54 Å². The normalized spacial score (nSPS) is 20.4. The number of nitrogens with one attached hydrogen (secondary N) is 1. The smallest absolute Gasteiger partial charge is 0.147 e. The molecule has 1 aromatic heterocycles. The summed E-state index contributed by atoms with van der Waals surface area (Å²) in [5.41, 5.74) is 1.13. The second-order valence-corrected chi connectivity index (χ2v) is 7.16. The van der Waals surface area contributed by atoms with Gasteiger partial charge in [0.25, 0.3) is 0 Å². The van der Waals surface area contributed by atoms with Gasteiger partial charge in [-0.25, -0.2) is 4.98 Å². The molecule has 0 radical (unpaired) electrons. The maximum atomic E-state index is 4.79. The van der Waals surface area contributed by atoms with E-state index in [1.165, 1.54) is 25.7 Å². The van der Waals surface area contributed by atoms with Crippen molar-refractivity contribution in [3.8, 4) is 0 Å². The molecule has 2 rings (SSSR count). The molecule has 2 heterocycles. The van der Waals surface area contributed by atoms with Crippen LogP contribution in [0.5, 0.6) is 0 Å². The van der Waals surface area contributed by atoms with E-state index in [2.05, 4.69) is 42.9 Å². The molecule has 1 atom stereocenters. The Kier molecular flexibility index (Phi) is 5.57. The summed E-state index contributed by atoms with van der Waals surface area (Å²) in [6.07, 6.45) is 8.98. The van der Waals surface area contributed by atoms with Crippen LogP contribution in [0.3, 0.4) is 0 Å². The topological polar surface area (TPSA) is 41.1 Å². The summed E-state index contributed by atoms with van der Waals surface area (Å²) < 4.78 is 0. The number of hydrogen-bond donors (Lipinski definition) is 1. The molecule has 4 heteroatoms. The van der Waals surface area contributed by atoms with Crippen molar-refractivity contribution in [1.29, 1.82) is 0 Å². The van der Waals surface area contributed by atoms with Crippen LogP contribution < -0.4 is 10.2 Å². The molecular weight excluding hydrogens is 260 g/mol. The van der Waals surface area contributed by atoms with Crippen molar-refractivity contribution in [2.45, 2.75) is 65.5 Å². The van der Waals surface area contributed by atoms with Crippen LogP contribution in [0.1, 0.15) is 59.1 Å². The van der Waals surface area contributed by atoms with E-state index >= 15 is 0 Å². The fourth-order valence-electron chi connectivity index (χ4n) is 2.79. The molecule has 21 heavy (non-hydrogen) atoms. The van der Waals surface area contributed by atoms with Gasteiger partial charge < -0.3 is 10.2 Å². The predicted octanol–water partition coefficient (Wildman–Crippen LogP) is 3.38. The molecule has 118 valence electrons. The van der Waals surface area contributed by atoms with Crippen molar-refractivity contribution in [2.75, 3.05) is 18.0 Å². The van der Waals surface area contributed by atoms with Gasteiger partial charge in [0.1, 0.15) is 5.82 Å². The Morgan fingerprint density at radius 1 is 1.24 bits per heavy atom. The molecule has 1 aliphatic heterocycles. The lowest BCUT2D eigenvalue weighted by atomic mass is 9.98. The SMILES string of the molecule is CCC1CCCN(c2cncc(CNC(C)(C)C)n2)CC1. The van der Waals surface area contributed by atoms with E-state index in [0.29, 0.717) is 0 Å². The van der Waals surface area contributed by atoms with Gasteiger partial charge in [-0.2, -0.15) is 0 Å². The van der Waals surface area contributed by atoms with Crippen molar-refractivity contribution in [3.63, 3.8) is 0 Å². The van der Waals surface area contributed by atoms with Gasteiger partial charge in [0.05, 0.1) is 11.9 Å². The van der Waals surface area contributed by atoms with E-state index in [0.717, 1.165) is 37.1 Å². The maximum absolute atomic E-state index is 4.79. The van der Waals surface area contributed by atoms with Crippen molar-refractivity contribution >= 4 is 5.82 Å². The number of hydrogen-bond acceptors (Lipinski definition) is 4. The van der Waals surface area contributed by atoms with Crippen LogP contribution in [0.4, 0.5) is 5.82 Å². The van der Waals surface area contributed by atoms with Gasteiger partial charge in [-0.3, -0.25) is 4.98 Å². The second-order valence-electron chi connectivity index (χ2n) is 7.16. The number of aromatic nitrogens is 2. The van der Waals surface area contributed by atoms with Crippen LogP contribution >= 0.6 is 0 Å². The van der Waals surface area contributed by atoms with Crippen molar-refractivity contribution in [1.82, 2.24) is 15.3 Å². The van der Waals surface area contributed by atoms with Crippen LogP contribution in [0.2, 0.25) is 0 Å². The molecule has 0 aliphatic carbocycles. The summed E-state index contributed by atoms with van der Waals surface area (Å²) in [5.74, 6) is 1.92. The molecule has 0 bridgehead atoms. The maximum Gasteiger partial charge on any atom is 0.147 e. The highest BCUT2D eigenvalue weighted by Crippen LogP contribution is 2.23. The van der Waals surface area contributed by atoms with Gasteiger partial charge in [-0.1, -0.05) is 13.3 Å². The van der Waals surface area contributed by atoms with Gasteiger partial charge in [0.2, 0.25) is 0 Å². The van der Waals surface area contributed by atoms with Gasteiger partial charge in [0, 0.05) is 31.4 Å². The summed E-state index contributed by atoms with van der Waals surface area (Å²) >= 11 is 0. The molecule has 0 amide bonds. The third kappa shape index (κ3) is 5.27. The first-order valence-electron chi connectivity index (χ1n) is 8.29. The van der Waals surface area contributed by atoms with E-state index in [1.807, 2.05) is 12.4 Å². The zero-order valence-corrected chi connectivity index (χ0v) is 14.0. The molecule has 0 saturated carbocycles. The molecule has 4 nitrogen and oxygen atoms in total. The minimum absolute atomic E-state index is 0.106. The van der Waals surface area contributed by atoms with E-state index in [9.17, 15) is 0 Å². The first kappa shape index (κ1) is 16.2. The summed E-state index contributed by atoms with van der Waals surface area (Å²) in [7, 11) is 0. The fourth-order valence-corrected chi connectivity index (χ4v) is 2.79. The minimum atomic E-state index is 0.106. The van der Waals surface area contributed by atoms with Crippen LogP contribution in [0.15, 0.2) is 12.4 Å². The molecule has 1 saturated heterocycles. The molecule has 1 aliphatic rings. The number of nitrogens with zero attached hydrogens (tertiary/aromatic N) is 3. The molecule has 1 fully saturated rings. The Hall–Kier alpha value is -1.16. The first-order chi connectivity index (χ1) is 9.98. The summed E-state index contributed by atoms with van der Waals surface area (Å²) in [6.45, 7) is 11.8. The van der Waals surface area contributed by atoms with Crippen molar-refractivity contribution < 1.29 is 0 Å². The van der Waals surface area contributed by atoms with Gasteiger partial charge in [-0.15, -0.1) is 0 Å². The Labute approximate surface area is 129 Å². The monoisotopic (exact) mass is 290 g/mol. The van der Waals surface area contributed by atoms with Crippen LogP contribution in [-0.4, -0.2) is 28.6 Å².